The van der Waals surface area contributed by atoms with Crippen LogP contribution in [-0.4, -0.2) is 23.8 Å². The molecule has 2 heteroatoms. The highest BCUT2D eigenvalue weighted by molar-refractivity contribution is 4.91. The number of aliphatic hydroxyl groups excluding tert-OH is 1. The average Bonchev–Trinajstić information content (AvgIpc) is 2.58. The molecule has 2 N–H and O–H groups in total. The second-order valence-electron chi connectivity index (χ2n) is 3.18. The third kappa shape index (κ3) is 3.11. The highest BCUT2D eigenvalue weighted by Gasteiger charge is 2.31. The SMILES string of the molecule is CC.CCNC1(CO)CCCC1. The van der Waals surface area contributed by atoms with Crippen molar-refractivity contribution in [3.05, 3.63) is 0 Å². The molecule has 74 valence electrons. The fraction of sp³-hybridized carbons (Fsp3) is 1.00. The van der Waals surface area contributed by atoms with Crippen LogP contribution in [0.4, 0.5) is 0 Å². The first-order chi connectivity index (χ1) is 5.83. The van der Waals surface area contributed by atoms with Crippen molar-refractivity contribution in [1.82, 2.24) is 5.32 Å². The minimum Gasteiger partial charge on any atom is -0.394 e. The Morgan fingerprint density at radius 2 is 1.75 bits per heavy atom. The van der Waals surface area contributed by atoms with Crippen molar-refractivity contribution in [2.75, 3.05) is 13.2 Å². The van der Waals surface area contributed by atoms with Crippen LogP contribution in [0.15, 0.2) is 0 Å². The van der Waals surface area contributed by atoms with E-state index in [0.29, 0.717) is 6.61 Å². The summed E-state index contributed by atoms with van der Waals surface area (Å²) in [4.78, 5) is 0. The summed E-state index contributed by atoms with van der Waals surface area (Å²) in [6.45, 7) is 7.37. The van der Waals surface area contributed by atoms with Crippen molar-refractivity contribution in [3.63, 3.8) is 0 Å². The van der Waals surface area contributed by atoms with Crippen LogP contribution >= 0.6 is 0 Å². The summed E-state index contributed by atoms with van der Waals surface area (Å²) in [5.41, 5.74) is 0.0920. The van der Waals surface area contributed by atoms with E-state index in [-0.39, 0.29) is 5.54 Å². The van der Waals surface area contributed by atoms with Gasteiger partial charge in [0.2, 0.25) is 0 Å². The van der Waals surface area contributed by atoms with Gasteiger partial charge in [-0.05, 0) is 19.4 Å². The van der Waals surface area contributed by atoms with Gasteiger partial charge in [0.15, 0.2) is 0 Å². The summed E-state index contributed by atoms with van der Waals surface area (Å²) >= 11 is 0. The molecule has 1 fully saturated rings. The van der Waals surface area contributed by atoms with Gasteiger partial charge < -0.3 is 10.4 Å². The zero-order chi connectivity index (χ0) is 9.45. The molecule has 12 heavy (non-hydrogen) atoms. The van der Waals surface area contributed by atoms with Crippen molar-refractivity contribution in [1.29, 1.82) is 0 Å². The van der Waals surface area contributed by atoms with Crippen LogP contribution in [0.1, 0.15) is 46.5 Å². The van der Waals surface area contributed by atoms with Gasteiger partial charge in [-0.1, -0.05) is 33.6 Å². The van der Waals surface area contributed by atoms with Crippen LogP contribution in [0.25, 0.3) is 0 Å². The first kappa shape index (κ1) is 11.9. The Balaban J connectivity index is 0.000000561. The highest BCUT2D eigenvalue weighted by Crippen LogP contribution is 2.28. The molecule has 1 aliphatic carbocycles. The van der Waals surface area contributed by atoms with E-state index in [1.54, 1.807) is 0 Å². The van der Waals surface area contributed by atoms with Crippen LogP contribution in [0.3, 0.4) is 0 Å². The van der Waals surface area contributed by atoms with Crippen molar-refractivity contribution >= 4 is 0 Å². The van der Waals surface area contributed by atoms with E-state index in [2.05, 4.69) is 12.2 Å². The summed E-state index contributed by atoms with van der Waals surface area (Å²) in [5.74, 6) is 0. The molecule has 0 atom stereocenters. The average molecular weight is 173 g/mol. The van der Waals surface area contributed by atoms with E-state index in [4.69, 9.17) is 5.11 Å². The molecule has 1 saturated carbocycles. The predicted molar refractivity (Wildman–Crippen MR) is 53.3 cm³/mol. The summed E-state index contributed by atoms with van der Waals surface area (Å²) in [7, 11) is 0. The van der Waals surface area contributed by atoms with Crippen molar-refractivity contribution in [2.45, 2.75) is 52.0 Å². The predicted octanol–water partition coefficient (Wildman–Crippen LogP) is 1.93. The number of hydrogen-bond acceptors (Lipinski definition) is 2. The Kier molecular flexibility index (Phi) is 6.39. The molecule has 0 saturated heterocycles. The minimum atomic E-state index is 0.0920. The Bertz CT molecular complexity index is 98.0. The van der Waals surface area contributed by atoms with Crippen molar-refractivity contribution in [2.24, 2.45) is 0 Å². The van der Waals surface area contributed by atoms with Gasteiger partial charge in [0.25, 0.3) is 0 Å². The lowest BCUT2D eigenvalue weighted by molar-refractivity contribution is 0.166. The van der Waals surface area contributed by atoms with E-state index in [0.717, 1.165) is 19.4 Å². The minimum absolute atomic E-state index is 0.0920. The molecule has 0 heterocycles. The summed E-state index contributed by atoms with van der Waals surface area (Å²) in [6, 6.07) is 0. The lowest BCUT2D eigenvalue weighted by Gasteiger charge is -2.27. The summed E-state index contributed by atoms with van der Waals surface area (Å²) in [5, 5.41) is 12.4. The standard InChI is InChI=1S/C8H17NO.C2H6/c1-2-9-8(7-10)5-3-4-6-8;1-2/h9-10H,2-7H2,1H3;1-2H3. The Labute approximate surface area is 76.4 Å². The lowest BCUT2D eigenvalue weighted by Crippen LogP contribution is -2.45. The summed E-state index contributed by atoms with van der Waals surface area (Å²) in [6.07, 6.45) is 4.84. The second kappa shape index (κ2) is 6.44. The third-order valence-electron chi connectivity index (χ3n) is 2.42. The van der Waals surface area contributed by atoms with E-state index in [1.165, 1.54) is 12.8 Å². The molecular weight excluding hydrogens is 150 g/mol. The van der Waals surface area contributed by atoms with Crippen molar-refractivity contribution in [3.8, 4) is 0 Å². The Morgan fingerprint density at radius 1 is 1.25 bits per heavy atom. The second-order valence-corrected chi connectivity index (χ2v) is 3.18. The van der Waals surface area contributed by atoms with Gasteiger partial charge >= 0.3 is 0 Å². The van der Waals surface area contributed by atoms with Gasteiger partial charge in [0, 0.05) is 5.54 Å². The first-order valence-corrected chi connectivity index (χ1v) is 5.19. The number of nitrogens with one attached hydrogen (secondary N) is 1. The van der Waals surface area contributed by atoms with Crippen molar-refractivity contribution < 1.29 is 5.11 Å². The zero-order valence-electron chi connectivity index (χ0n) is 8.69. The van der Waals surface area contributed by atoms with Crippen LogP contribution in [0, 0.1) is 0 Å². The van der Waals surface area contributed by atoms with Gasteiger partial charge in [0.1, 0.15) is 0 Å². The molecule has 0 bridgehead atoms. The largest absolute Gasteiger partial charge is 0.394 e. The molecular formula is C10H23NO. The van der Waals surface area contributed by atoms with Crippen LogP contribution in [0.2, 0.25) is 0 Å². The molecule has 0 aromatic rings. The monoisotopic (exact) mass is 173 g/mol. The maximum absolute atomic E-state index is 9.09. The smallest absolute Gasteiger partial charge is 0.0613 e. The quantitative estimate of drug-likeness (QED) is 0.683. The fourth-order valence-corrected chi connectivity index (χ4v) is 1.82. The molecule has 1 rings (SSSR count). The topological polar surface area (TPSA) is 32.3 Å². The van der Waals surface area contributed by atoms with Crippen LogP contribution in [0.5, 0.6) is 0 Å². The van der Waals surface area contributed by atoms with E-state index < -0.39 is 0 Å². The van der Waals surface area contributed by atoms with Crippen LogP contribution in [-0.2, 0) is 0 Å². The molecule has 0 spiro atoms. The van der Waals surface area contributed by atoms with Gasteiger partial charge in [0.05, 0.1) is 6.61 Å². The van der Waals surface area contributed by atoms with Crippen LogP contribution < -0.4 is 5.32 Å². The van der Waals surface area contributed by atoms with E-state index in [9.17, 15) is 0 Å². The van der Waals surface area contributed by atoms with Gasteiger partial charge in [-0.2, -0.15) is 0 Å². The zero-order valence-corrected chi connectivity index (χ0v) is 8.69. The molecule has 0 aromatic heterocycles. The number of hydrogen-bond donors (Lipinski definition) is 2. The molecule has 0 aromatic carbocycles. The molecule has 0 amide bonds. The summed E-state index contributed by atoms with van der Waals surface area (Å²) < 4.78 is 0. The Hall–Kier alpha value is -0.0800. The highest BCUT2D eigenvalue weighted by atomic mass is 16.3. The van der Waals surface area contributed by atoms with E-state index >= 15 is 0 Å². The molecule has 2 nitrogen and oxygen atoms in total. The number of likely N-dealkylation sites (N-methyl/N-ethyl adjacent to an activating group) is 1. The molecule has 0 unspecified atom stereocenters. The molecule has 1 aliphatic rings. The molecule has 0 radical (unpaired) electrons. The normalized spacial score (nSPS) is 20.0. The maximum atomic E-state index is 9.09. The van der Waals surface area contributed by atoms with Gasteiger partial charge in [-0.25, -0.2) is 0 Å². The lowest BCUT2D eigenvalue weighted by atomic mass is 9.99. The number of aliphatic hydroxyl groups is 1. The van der Waals surface area contributed by atoms with Gasteiger partial charge in [-0.3, -0.25) is 0 Å². The third-order valence-corrected chi connectivity index (χ3v) is 2.42. The number of rotatable bonds is 3. The van der Waals surface area contributed by atoms with Gasteiger partial charge in [-0.15, -0.1) is 0 Å². The Morgan fingerprint density at radius 3 is 2.08 bits per heavy atom. The molecule has 0 aliphatic heterocycles. The van der Waals surface area contributed by atoms with E-state index in [1.807, 2.05) is 13.8 Å². The first-order valence-electron chi connectivity index (χ1n) is 5.19. The fourth-order valence-electron chi connectivity index (χ4n) is 1.82. The maximum Gasteiger partial charge on any atom is 0.0613 e.